The first-order chi connectivity index (χ1) is 12.3. The van der Waals surface area contributed by atoms with E-state index in [1.54, 1.807) is 18.4 Å². The lowest BCUT2D eigenvalue weighted by Crippen LogP contribution is -2.15. The average molecular weight is 355 g/mol. The average Bonchev–Trinajstić information content (AvgIpc) is 3.15. The molecule has 0 N–H and O–H groups in total. The monoisotopic (exact) mass is 355 g/mol. The second-order valence-electron chi connectivity index (χ2n) is 5.45. The van der Waals surface area contributed by atoms with Crippen LogP contribution in [0.1, 0.15) is 5.01 Å². The largest absolute Gasteiger partial charge is 0.497 e. The Kier molecular flexibility index (Phi) is 4.43. The fraction of sp³-hybridized carbons (Fsp3) is 0.211. The number of benzene rings is 2. The molecule has 0 amide bonds. The van der Waals surface area contributed by atoms with Gasteiger partial charge in [-0.25, -0.2) is 4.98 Å². The maximum Gasteiger partial charge on any atom is 0.162 e. The molecule has 2 aromatic carbocycles. The summed E-state index contributed by atoms with van der Waals surface area (Å²) < 4.78 is 22.1. The van der Waals surface area contributed by atoms with E-state index in [9.17, 15) is 0 Å². The van der Waals surface area contributed by atoms with Crippen molar-refractivity contribution < 1.29 is 18.9 Å². The lowest BCUT2D eigenvalue weighted by Gasteiger charge is -2.18. The number of hydrogen-bond acceptors (Lipinski definition) is 6. The topological polar surface area (TPSA) is 49.8 Å². The zero-order valence-corrected chi connectivity index (χ0v) is 14.5. The summed E-state index contributed by atoms with van der Waals surface area (Å²) in [4.78, 5) is 4.65. The molecule has 1 aliphatic heterocycles. The molecule has 5 nitrogen and oxygen atoms in total. The molecule has 0 saturated carbocycles. The number of methoxy groups -OCH3 is 1. The summed E-state index contributed by atoms with van der Waals surface area (Å²) in [6.07, 6.45) is 0. The van der Waals surface area contributed by atoms with E-state index in [0.29, 0.717) is 19.8 Å². The van der Waals surface area contributed by atoms with E-state index in [1.165, 1.54) is 0 Å². The normalized spacial score (nSPS) is 12.7. The third kappa shape index (κ3) is 3.53. The molecule has 4 rings (SSSR count). The highest BCUT2D eigenvalue weighted by Crippen LogP contribution is 2.34. The Hall–Kier alpha value is -2.73. The molecule has 0 fully saturated rings. The molecule has 0 aliphatic carbocycles. The van der Waals surface area contributed by atoms with E-state index < -0.39 is 0 Å². The summed E-state index contributed by atoms with van der Waals surface area (Å²) in [6, 6.07) is 13.4. The maximum atomic E-state index is 5.78. The molecule has 2 heterocycles. The van der Waals surface area contributed by atoms with Crippen LogP contribution >= 0.6 is 11.3 Å². The van der Waals surface area contributed by atoms with Crippen LogP contribution in [0, 0.1) is 0 Å². The number of hydrogen-bond donors (Lipinski definition) is 0. The van der Waals surface area contributed by atoms with Crippen LogP contribution in [0.25, 0.3) is 11.3 Å². The van der Waals surface area contributed by atoms with Crippen LogP contribution in [0.15, 0.2) is 47.8 Å². The van der Waals surface area contributed by atoms with Gasteiger partial charge in [-0.05, 0) is 42.5 Å². The van der Waals surface area contributed by atoms with Crippen molar-refractivity contribution in [3.05, 3.63) is 52.9 Å². The Morgan fingerprint density at radius 2 is 1.76 bits per heavy atom. The summed E-state index contributed by atoms with van der Waals surface area (Å²) in [5.41, 5.74) is 1.92. The lowest BCUT2D eigenvalue weighted by molar-refractivity contribution is 0.171. The van der Waals surface area contributed by atoms with Gasteiger partial charge in [-0.1, -0.05) is 0 Å². The van der Waals surface area contributed by atoms with Gasteiger partial charge in [-0.2, -0.15) is 0 Å². The SMILES string of the molecule is COc1ccc(OCc2nc(-c3ccc4c(c3)OCCO4)cs2)cc1. The molecule has 0 spiro atoms. The van der Waals surface area contributed by atoms with Crippen molar-refractivity contribution in [2.45, 2.75) is 6.61 Å². The first-order valence-electron chi connectivity index (χ1n) is 7.93. The number of aromatic nitrogens is 1. The second-order valence-corrected chi connectivity index (χ2v) is 6.39. The molecule has 0 atom stereocenters. The first kappa shape index (κ1) is 15.8. The van der Waals surface area contributed by atoms with Gasteiger partial charge in [0.05, 0.1) is 12.8 Å². The highest BCUT2D eigenvalue weighted by atomic mass is 32.1. The summed E-state index contributed by atoms with van der Waals surface area (Å²) in [5.74, 6) is 3.15. The molecule has 0 radical (unpaired) electrons. The summed E-state index contributed by atoms with van der Waals surface area (Å²) in [7, 11) is 1.64. The van der Waals surface area contributed by atoms with Crippen LogP contribution in [-0.2, 0) is 6.61 Å². The number of fused-ring (bicyclic) bond motifs is 1. The molecule has 0 saturated heterocycles. The van der Waals surface area contributed by atoms with E-state index in [0.717, 1.165) is 39.3 Å². The van der Waals surface area contributed by atoms with E-state index >= 15 is 0 Å². The molecule has 25 heavy (non-hydrogen) atoms. The first-order valence-corrected chi connectivity index (χ1v) is 8.81. The Balaban J connectivity index is 1.44. The van der Waals surface area contributed by atoms with E-state index in [4.69, 9.17) is 18.9 Å². The van der Waals surface area contributed by atoms with Gasteiger partial charge in [-0.15, -0.1) is 11.3 Å². The van der Waals surface area contributed by atoms with Gasteiger partial charge in [-0.3, -0.25) is 0 Å². The fourth-order valence-electron chi connectivity index (χ4n) is 2.53. The van der Waals surface area contributed by atoms with Gasteiger partial charge in [0, 0.05) is 10.9 Å². The Morgan fingerprint density at radius 1 is 1.00 bits per heavy atom. The molecule has 3 aromatic rings. The Bertz CT molecular complexity index is 860. The van der Waals surface area contributed by atoms with Gasteiger partial charge >= 0.3 is 0 Å². The molecule has 1 aliphatic rings. The third-order valence-corrected chi connectivity index (χ3v) is 4.63. The molecule has 0 bridgehead atoms. The molecule has 0 unspecified atom stereocenters. The summed E-state index contributed by atoms with van der Waals surface area (Å²) in [5, 5.41) is 2.94. The van der Waals surface area contributed by atoms with Gasteiger partial charge in [0.15, 0.2) is 11.5 Å². The van der Waals surface area contributed by atoms with Crippen LogP contribution in [0.2, 0.25) is 0 Å². The fourth-order valence-corrected chi connectivity index (χ4v) is 3.24. The van der Waals surface area contributed by atoms with Crippen molar-refractivity contribution in [3.8, 4) is 34.3 Å². The number of thiazole rings is 1. The smallest absolute Gasteiger partial charge is 0.162 e. The lowest BCUT2D eigenvalue weighted by atomic mass is 10.1. The van der Waals surface area contributed by atoms with Crippen LogP contribution in [-0.4, -0.2) is 25.3 Å². The van der Waals surface area contributed by atoms with Crippen molar-refractivity contribution in [1.29, 1.82) is 0 Å². The van der Waals surface area contributed by atoms with Crippen LogP contribution in [0.4, 0.5) is 0 Å². The second kappa shape index (κ2) is 7.03. The summed E-state index contributed by atoms with van der Waals surface area (Å²) >= 11 is 1.58. The van der Waals surface area contributed by atoms with Crippen LogP contribution in [0.3, 0.4) is 0 Å². The minimum atomic E-state index is 0.432. The predicted molar refractivity (Wildman–Crippen MR) is 95.9 cm³/mol. The van der Waals surface area contributed by atoms with Crippen molar-refractivity contribution in [2.24, 2.45) is 0 Å². The maximum absolute atomic E-state index is 5.78. The Morgan fingerprint density at radius 3 is 2.56 bits per heavy atom. The molecule has 128 valence electrons. The van der Waals surface area contributed by atoms with Crippen LogP contribution in [0.5, 0.6) is 23.0 Å². The van der Waals surface area contributed by atoms with Gasteiger partial charge in [0.2, 0.25) is 0 Å². The highest BCUT2D eigenvalue weighted by molar-refractivity contribution is 7.09. The number of nitrogens with zero attached hydrogens (tertiary/aromatic N) is 1. The zero-order chi connectivity index (χ0) is 17.1. The van der Waals surface area contributed by atoms with Crippen molar-refractivity contribution in [3.63, 3.8) is 0 Å². The van der Waals surface area contributed by atoms with Crippen molar-refractivity contribution in [1.82, 2.24) is 4.98 Å². The minimum absolute atomic E-state index is 0.432. The molecule has 1 aromatic heterocycles. The predicted octanol–water partition coefficient (Wildman–Crippen LogP) is 4.17. The van der Waals surface area contributed by atoms with Gasteiger partial charge in [0.25, 0.3) is 0 Å². The quantitative estimate of drug-likeness (QED) is 0.687. The number of ether oxygens (including phenoxy) is 4. The minimum Gasteiger partial charge on any atom is -0.497 e. The van der Waals surface area contributed by atoms with E-state index in [2.05, 4.69) is 4.98 Å². The Labute approximate surface area is 149 Å². The van der Waals surface area contributed by atoms with Gasteiger partial charge in [0.1, 0.15) is 36.3 Å². The third-order valence-electron chi connectivity index (χ3n) is 3.81. The molecular formula is C19H17NO4S. The van der Waals surface area contributed by atoms with Gasteiger partial charge < -0.3 is 18.9 Å². The van der Waals surface area contributed by atoms with Crippen molar-refractivity contribution >= 4 is 11.3 Å². The van der Waals surface area contributed by atoms with Crippen molar-refractivity contribution in [2.75, 3.05) is 20.3 Å². The molecule has 6 heteroatoms. The van der Waals surface area contributed by atoms with E-state index in [1.807, 2.05) is 47.8 Å². The molecular weight excluding hydrogens is 338 g/mol. The standard InChI is InChI=1S/C19H17NO4S/c1-21-14-3-5-15(6-4-14)24-11-19-20-16(12-25-19)13-2-7-17-18(10-13)23-9-8-22-17/h2-7,10,12H,8-9,11H2,1H3. The number of rotatable bonds is 5. The summed E-state index contributed by atoms with van der Waals surface area (Å²) in [6.45, 7) is 1.60. The zero-order valence-electron chi connectivity index (χ0n) is 13.7. The van der Waals surface area contributed by atoms with Crippen LogP contribution < -0.4 is 18.9 Å². The van der Waals surface area contributed by atoms with E-state index in [-0.39, 0.29) is 0 Å². The highest BCUT2D eigenvalue weighted by Gasteiger charge is 2.14.